The highest BCUT2D eigenvalue weighted by Crippen LogP contribution is 2.26. The third-order valence-corrected chi connectivity index (χ3v) is 3.18. The summed E-state index contributed by atoms with van der Waals surface area (Å²) in [6.45, 7) is 0. The number of hydrogen-bond acceptors (Lipinski definition) is 4. The zero-order valence-electron chi connectivity index (χ0n) is 9.48. The second-order valence-corrected chi connectivity index (χ2v) is 4.52. The van der Waals surface area contributed by atoms with Crippen molar-refractivity contribution in [2.75, 3.05) is 0 Å². The summed E-state index contributed by atoms with van der Waals surface area (Å²) in [5, 5.41) is 8.77. The molecule has 0 bridgehead atoms. The molecule has 1 aromatic heterocycles. The molecule has 0 aliphatic carbocycles. The van der Waals surface area contributed by atoms with Crippen LogP contribution in [0.4, 0.5) is 0 Å². The smallest absolute Gasteiger partial charge is 0.147 e. The van der Waals surface area contributed by atoms with Crippen LogP contribution in [-0.4, -0.2) is 10.2 Å². The van der Waals surface area contributed by atoms with Crippen molar-refractivity contribution in [2.24, 2.45) is 0 Å². The minimum absolute atomic E-state index is 0.814. The number of aromatic nitrogens is 2. The molecule has 3 rings (SSSR count). The van der Waals surface area contributed by atoms with Gasteiger partial charge in [-0.2, -0.15) is 0 Å². The second kappa shape index (κ2) is 4.98. The molecule has 0 saturated heterocycles. The van der Waals surface area contributed by atoms with Crippen molar-refractivity contribution in [1.82, 2.24) is 10.2 Å². The fourth-order valence-electron chi connectivity index (χ4n) is 1.59. The first-order chi connectivity index (χ1) is 8.92. The third kappa shape index (κ3) is 2.38. The Kier molecular flexibility index (Phi) is 3.02. The lowest BCUT2D eigenvalue weighted by atomic mass is 10.2. The maximum absolute atomic E-state index is 5.72. The first kappa shape index (κ1) is 10.9. The molecule has 0 spiro atoms. The average Bonchev–Trinajstić information content (AvgIpc) is 2.95. The van der Waals surface area contributed by atoms with Crippen molar-refractivity contribution in [2.45, 2.75) is 0 Å². The van der Waals surface area contributed by atoms with E-state index in [-0.39, 0.29) is 0 Å². The monoisotopic (exact) mass is 254 g/mol. The van der Waals surface area contributed by atoms with Crippen LogP contribution in [0.1, 0.15) is 0 Å². The lowest BCUT2D eigenvalue weighted by Crippen LogP contribution is -1.83. The van der Waals surface area contributed by atoms with Gasteiger partial charge < -0.3 is 4.74 Å². The normalized spacial score (nSPS) is 10.2. The van der Waals surface area contributed by atoms with E-state index < -0.39 is 0 Å². The van der Waals surface area contributed by atoms with Gasteiger partial charge in [0, 0.05) is 5.56 Å². The molecule has 0 aliphatic rings. The van der Waals surface area contributed by atoms with Crippen molar-refractivity contribution in [3.8, 4) is 22.1 Å². The highest BCUT2D eigenvalue weighted by Gasteiger charge is 2.02. The Morgan fingerprint density at radius 3 is 2.22 bits per heavy atom. The first-order valence-electron chi connectivity index (χ1n) is 5.51. The van der Waals surface area contributed by atoms with Gasteiger partial charge in [0.2, 0.25) is 0 Å². The first-order valence-corrected chi connectivity index (χ1v) is 6.39. The zero-order valence-corrected chi connectivity index (χ0v) is 10.3. The largest absolute Gasteiger partial charge is 0.457 e. The molecule has 3 aromatic rings. The lowest BCUT2D eigenvalue weighted by molar-refractivity contribution is 0.483. The maximum atomic E-state index is 5.72. The Bertz CT molecular complexity index is 606. The van der Waals surface area contributed by atoms with Gasteiger partial charge >= 0.3 is 0 Å². The molecule has 2 aromatic carbocycles. The fraction of sp³-hybridized carbons (Fsp3) is 0. The van der Waals surface area contributed by atoms with Crippen LogP contribution in [0, 0.1) is 0 Å². The number of nitrogens with zero attached hydrogens (tertiary/aromatic N) is 2. The van der Waals surface area contributed by atoms with E-state index in [4.69, 9.17) is 4.74 Å². The van der Waals surface area contributed by atoms with Gasteiger partial charge in [-0.1, -0.05) is 29.5 Å². The number of benzene rings is 2. The molecule has 0 unspecified atom stereocenters. The highest BCUT2D eigenvalue weighted by molar-refractivity contribution is 7.12. The van der Waals surface area contributed by atoms with Crippen molar-refractivity contribution in [3.05, 3.63) is 60.1 Å². The van der Waals surface area contributed by atoms with E-state index in [9.17, 15) is 0 Å². The Labute approximate surface area is 109 Å². The highest BCUT2D eigenvalue weighted by atomic mass is 32.1. The molecule has 0 aliphatic heterocycles. The third-order valence-electron chi connectivity index (χ3n) is 2.44. The second-order valence-electron chi connectivity index (χ2n) is 3.68. The van der Waals surface area contributed by atoms with E-state index in [1.807, 2.05) is 54.6 Å². The van der Waals surface area contributed by atoms with Crippen LogP contribution in [0.15, 0.2) is 60.1 Å². The number of para-hydroxylation sites is 1. The van der Waals surface area contributed by atoms with Gasteiger partial charge in [-0.3, -0.25) is 0 Å². The Morgan fingerprint density at radius 1 is 0.833 bits per heavy atom. The van der Waals surface area contributed by atoms with Crippen LogP contribution in [0.3, 0.4) is 0 Å². The summed E-state index contributed by atoms with van der Waals surface area (Å²) in [6.07, 6.45) is 0. The molecule has 0 radical (unpaired) electrons. The van der Waals surface area contributed by atoms with E-state index in [2.05, 4.69) is 10.2 Å². The molecule has 0 saturated carbocycles. The number of hydrogen-bond donors (Lipinski definition) is 0. The molecular formula is C14H10N2OS. The summed E-state index contributed by atoms with van der Waals surface area (Å²) in [4.78, 5) is 0. The quantitative estimate of drug-likeness (QED) is 0.708. The summed E-state index contributed by atoms with van der Waals surface area (Å²) in [7, 11) is 0. The van der Waals surface area contributed by atoms with E-state index in [1.54, 1.807) is 5.51 Å². The van der Waals surface area contributed by atoms with E-state index in [0.717, 1.165) is 22.1 Å². The molecule has 88 valence electrons. The topological polar surface area (TPSA) is 35.0 Å². The van der Waals surface area contributed by atoms with Crippen molar-refractivity contribution in [3.63, 3.8) is 0 Å². The van der Waals surface area contributed by atoms with Crippen molar-refractivity contribution in [1.29, 1.82) is 0 Å². The van der Waals surface area contributed by atoms with Crippen LogP contribution < -0.4 is 4.74 Å². The molecule has 0 amide bonds. The van der Waals surface area contributed by atoms with Crippen LogP contribution in [0.2, 0.25) is 0 Å². The number of ether oxygens (including phenoxy) is 1. The minimum Gasteiger partial charge on any atom is -0.457 e. The molecule has 3 nitrogen and oxygen atoms in total. The summed E-state index contributed by atoms with van der Waals surface area (Å²) in [5.74, 6) is 1.65. The fourth-order valence-corrected chi connectivity index (χ4v) is 2.15. The lowest BCUT2D eigenvalue weighted by Gasteiger charge is -2.05. The van der Waals surface area contributed by atoms with E-state index >= 15 is 0 Å². The van der Waals surface area contributed by atoms with Crippen molar-refractivity contribution >= 4 is 11.3 Å². The van der Waals surface area contributed by atoms with Gasteiger partial charge in [0.15, 0.2) is 0 Å². The molecule has 0 N–H and O–H groups in total. The average molecular weight is 254 g/mol. The zero-order chi connectivity index (χ0) is 12.2. The van der Waals surface area contributed by atoms with Crippen LogP contribution in [-0.2, 0) is 0 Å². The predicted octanol–water partition coefficient (Wildman–Crippen LogP) is 4.00. The van der Waals surface area contributed by atoms with Crippen LogP contribution >= 0.6 is 11.3 Å². The van der Waals surface area contributed by atoms with Gasteiger partial charge in [0.05, 0.1) is 0 Å². The van der Waals surface area contributed by atoms with Crippen LogP contribution in [0.5, 0.6) is 11.5 Å². The Morgan fingerprint density at radius 2 is 1.56 bits per heavy atom. The summed E-state index contributed by atoms with van der Waals surface area (Å²) < 4.78 is 5.72. The maximum Gasteiger partial charge on any atom is 0.147 e. The molecule has 0 atom stereocenters. The molecule has 0 fully saturated rings. The van der Waals surface area contributed by atoms with Crippen molar-refractivity contribution < 1.29 is 4.74 Å². The molecular weight excluding hydrogens is 244 g/mol. The van der Waals surface area contributed by atoms with E-state index in [0.29, 0.717) is 0 Å². The Hall–Kier alpha value is -2.20. The van der Waals surface area contributed by atoms with Gasteiger partial charge in [0.1, 0.15) is 22.0 Å². The SMILES string of the molecule is c1ccc(Oc2ccc(-c3nncs3)cc2)cc1. The van der Waals surface area contributed by atoms with Gasteiger partial charge in [-0.05, 0) is 36.4 Å². The summed E-state index contributed by atoms with van der Waals surface area (Å²) in [5.41, 5.74) is 2.78. The summed E-state index contributed by atoms with van der Waals surface area (Å²) >= 11 is 1.52. The molecule has 1 heterocycles. The van der Waals surface area contributed by atoms with E-state index in [1.165, 1.54) is 11.3 Å². The Balaban J connectivity index is 1.80. The summed E-state index contributed by atoms with van der Waals surface area (Å²) in [6, 6.07) is 17.6. The minimum atomic E-state index is 0.814. The molecule has 18 heavy (non-hydrogen) atoms. The van der Waals surface area contributed by atoms with Gasteiger partial charge in [-0.15, -0.1) is 10.2 Å². The van der Waals surface area contributed by atoms with Gasteiger partial charge in [-0.25, -0.2) is 0 Å². The number of rotatable bonds is 3. The standard InChI is InChI=1S/C14H10N2OS/c1-2-4-12(5-3-1)17-13-8-6-11(7-9-13)14-16-15-10-18-14/h1-10H. The predicted molar refractivity (Wildman–Crippen MR) is 71.9 cm³/mol. The van der Waals surface area contributed by atoms with Crippen LogP contribution in [0.25, 0.3) is 10.6 Å². The molecule has 4 heteroatoms. The van der Waals surface area contributed by atoms with Gasteiger partial charge in [0.25, 0.3) is 0 Å².